The number of aryl methyl sites for hydroxylation is 1. The Morgan fingerprint density at radius 3 is 2.67 bits per heavy atom. The Labute approximate surface area is 140 Å². The molecule has 126 valence electrons. The molecule has 0 bridgehead atoms. The van der Waals surface area contributed by atoms with E-state index in [-0.39, 0.29) is 0 Å². The van der Waals surface area contributed by atoms with Gasteiger partial charge in [0.05, 0.1) is 25.8 Å². The van der Waals surface area contributed by atoms with E-state index < -0.39 is 0 Å². The van der Waals surface area contributed by atoms with Crippen molar-refractivity contribution in [1.29, 1.82) is 0 Å². The predicted molar refractivity (Wildman–Crippen MR) is 92.8 cm³/mol. The molecule has 3 aromatic rings. The zero-order chi connectivity index (χ0) is 17.1. The third-order valence-electron chi connectivity index (χ3n) is 4.05. The quantitative estimate of drug-likeness (QED) is 0.690. The van der Waals surface area contributed by atoms with E-state index in [4.69, 9.17) is 9.47 Å². The summed E-state index contributed by atoms with van der Waals surface area (Å²) in [7, 11) is 7.19. The lowest BCUT2D eigenvalue weighted by Gasteiger charge is -2.19. The summed E-state index contributed by atoms with van der Waals surface area (Å²) in [6.07, 6.45) is 4.24. The monoisotopic (exact) mass is 327 g/mol. The highest BCUT2D eigenvalue weighted by molar-refractivity contribution is 5.86. The van der Waals surface area contributed by atoms with Crippen LogP contribution in [0.3, 0.4) is 0 Å². The van der Waals surface area contributed by atoms with Crippen LogP contribution in [0.25, 0.3) is 11.0 Å². The molecule has 24 heavy (non-hydrogen) atoms. The van der Waals surface area contributed by atoms with Crippen LogP contribution in [0.1, 0.15) is 5.56 Å². The summed E-state index contributed by atoms with van der Waals surface area (Å²) in [5, 5.41) is 5.21. The molecular formula is C17H21N5O2. The summed E-state index contributed by atoms with van der Waals surface area (Å²) < 4.78 is 12.4. The normalized spacial score (nSPS) is 10.8. The Morgan fingerprint density at radius 1 is 1.12 bits per heavy atom. The minimum absolute atomic E-state index is 0.738. The molecule has 7 nitrogen and oxygen atoms in total. The molecular weight excluding hydrogens is 306 g/mol. The van der Waals surface area contributed by atoms with Gasteiger partial charge in [-0.25, -0.2) is 9.97 Å². The van der Waals surface area contributed by atoms with E-state index in [0.717, 1.165) is 41.3 Å². The maximum atomic E-state index is 5.36. The molecule has 7 heteroatoms. The lowest BCUT2D eigenvalue weighted by molar-refractivity contribution is 0.354. The topological polar surface area (TPSA) is 65.3 Å². The first-order valence-corrected chi connectivity index (χ1v) is 7.68. The molecule has 0 N–H and O–H groups in total. The molecule has 3 rings (SSSR count). The van der Waals surface area contributed by atoms with Gasteiger partial charge >= 0.3 is 0 Å². The summed E-state index contributed by atoms with van der Waals surface area (Å²) in [6, 6.07) is 5.99. The molecule has 2 heterocycles. The van der Waals surface area contributed by atoms with Gasteiger partial charge < -0.3 is 14.4 Å². The van der Waals surface area contributed by atoms with Crippen molar-refractivity contribution in [3.8, 4) is 11.5 Å². The first-order valence-electron chi connectivity index (χ1n) is 7.68. The van der Waals surface area contributed by atoms with Crippen LogP contribution >= 0.6 is 0 Å². The molecule has 2 aromatic heterocycles. The van der Waals surface area contributed by atoms with Crippen molar-refractivity contribution in [2.24, 2.45) is 7.05 Å². The fraction of sp³-hybridized carbons (Fsp3) is 0.353. The summed E-state index contributed by atoms with van der Waals surface area (Å²) in [5.74, 6) is 2.37. The van der Waals surface area contributed by atoms with E-state index in [9.17, 15) is 0 Å². The molecule has 1 aromatic carbocycles. The van der Waals surface area contributed by atoms with Crippen LogP contribution < -0.4 is 14.4 Å². The maximum Gasteiger partial charge on any atom is 0.163 e. The third kappa shape index (κ3) is 2.97. The number of likely N-dealkylation sites (N-methyl/N-ethyl adjacent to an activating group) is 1. The average Bonchev–Trinajstić information content (AvgIpc) is 3.00. The summed E-state index contributed by atoms with van der Waals surface area (Å²) in [6.45, 7) is 0.816. The van der Waals surface area contributed by atoms with E-state index in [1.807, 2.05) is 26.2 Å². The molecule has 0 saturated carbocycles. The fourth-order valence-electron chi connectivity index (χ4n) is 2.69. The number of nitrogens with zero attached hydrogens (tertiary/aromatic N) is 5. The number of anilines is 1. The molecule has 0 aliphatic carbocycles. The third-order valence-corrected chi connectivity index (χ3v) is 4.05. The van der Waals surface area contributed by atoms with Crippen LogP contribution in [-0.4, -0.2) is 47.6 Å². The van der Waals surface area contributed by atoms with E-state index in [0.29, 0.717) is 0 Å². The van der Waals surface area contributed by atoms with Crippen molar-refractivity contribution in [2.75, 3.05) is 32.7 Å². The number of rotatable bonds is 6. The van der Waals surface area contributed by atoms with Gasteiger partial charge in [0.15, 0.2) is 17.1 Å². The number of ether oxygens (including phenoxy) is 2. The van der Waals surface area contributed by atoms with Crippen molar-refractivity contribution in [1.82, 2.24) is 19.7 Å². The van der Waals surface area contributed by atoms with Gasteiger partial charge in [0.2, 0.25) is 0 Å². The Kier molecular flexibility index (Phi) is 4.50. The van der Waals surface area contributed by atoms with Crippen LogP contribution in [0.15, 0.2) is 30.7 Å². The first kappa shape index (κ1) is 16.0. The minimum Gasteiger partial charge on any atom is -0.493 e. The zero-order valence-electron chi connectivity index (χ0n) is 14.4. The standard InChI is InChI=1S/C17H21N5O2/c1-21(16-13-10-20-22(2)17(13)19-11-18-16)8-7-12-5-6-14(23-3)15(9-12)24-4/h5-6,9-11H,7-8H2,1-4H3. The Balaban J connectivity index is 1.76. The number of hydrogen-bond acceptors (Lipinski definition) is 6. The number of benzene rings is 1. The lowest BCUT2D eigenvalue weighted by atomic mass is 10.1. The van der Waals surface area contributed by atoms with Gasteiger partial charge in [-0.15, -0.1) is 0 Å². The Hall–Kier alpha value is -2.83. The van der Waals surface area contributed by atoms with Crippen molar-refractivity contribution < 1.29 is 9.47 Å². The van der Waals surface area contributed by atoms with E-state index in [1.165, 1.54) is 5.56 Å². The smallest absolute Gasteiger partial charge is 0.163 e. The van der Waals surface area contributed by atoms with Gasteiger partial charge in [-0.05, 0) is 24.1 Å². The number of aromatic nitrogens is 4. The van der Waals surface area contributed by atoms with Crippen LogP contribution in [0.2, 0.25) is 0 Å². The summed E-state index contributed by atoms with van der Waals surface area (Å²) in [4.78, 5) is 10.8. The molecule has 0 unspecified atom stereocenters. The Morgan fingerprint density at radius 2 is 1.92 bits per heavy atom. The Bertz CT molecular complexity index is 846. The van der Waals surface area contributed by atoms with Crippen LogP contribution in [-0.2, 0) is 13.5 Å². The zero-order valence-corrected chi connectivity index (χ0v) is 14.4. The molecule has 0 amide bonds. The molecule has 0 aliphatic heterocycles. The fourth-order valence-corrected chi connectivity index (χ4v) is 2.69. The van der Waals surface area contributed by atoms with Crippen molar-refractivity contribution in [3.05, 3.63) is 36.3 Å². The van der Waals surface area contributed by atoms with Gasteiger partial charge in [0, 0.05) is 20.6 Å². The van der Waals surface area contributed by atoms with Crippen molar-refractivity contribution in [3.63, 3.8) is 0 Å². The first-order chi connectivity index (χ1) is 11.6. The van der Waals surface area contributed by atoms with E-state index in [2.05, 4.69) is 26.0 Å². The molecule has 0 spiro atoms. The predicted octanol–water partition coefficient (Wildman–Crippen LogP) is 2.06. The SMILES string of the molecule is COc1ccc(CCN(C)c2ncnc3c2cnn3C)cc1OC. The second-order valence-electron chi connectivity index (χ2n) is 5.56. The van der Waals surface area contributed by atoms with E-state index in [1.54, 1.807) is 31.4 Å². The average molecular weight is 327 g/mol. The van der Waals surface area contributed by atoms with Crippen molar-refractivity contribution >= 4 is 16.9 Å². The highest BCUT2D eigenvalue weighted by atomic mass is 16.5. The number of methoxy groups -OCH3 is 2. The van der Waals surface area contributed by atoms with Gasteiger partial charge in [0.1, 0.15) is 12.1 Å². The summed E-state index contributed by atoms with van der Waals surface area (Å²) >= 11 is 0. The van der Waals surface area contributed by atoms with Gasteiger partial charge in [-0.2, -0.15) is 5.10 Å². The summed E-state index contributed by atoms with van der Waals surface area (Å²) in [5.41, 5.74) is 2.01. The van der Waals surface area contributed by atoms with Gasteiger partial charge in [-0.3, -0.25) is 4.68 Å². The molecule has 0 saturated heterocycles. The lowest BCUT2D eigenvalue weighted by Crippen LogP contribution is -2.21. The van der Waals surface area contributed by atoms with Crippen LogP contribution in [0.5, 0.6) is 11.5 Å². The van der Waals surface area contributed by atoms with Crippen molar-refractivity contribution in [2.45, 2.75) is 6.42 Å². The van der Waals surface area contributed by atoms with E-state index >= 15 is 0 Å². The number of fused-ring (bicyclic) bond motifs is 1. The largest absolute Gasteiger partial charge is 0.493 e. The second-order valence-corrected chi connectivity index (χ2v) is 5.56. The molecule has 0 radical (unpaired) electrons. The maximum absolute atomic E-state index is 5.36. The van der Waals surface area contributed by atoms with Crippen LogP contribution in [0, 0.1) is 0 Å². The molecule has 0 fully saturated rings. The van der Waals surface area contributed by atoms with Crippen LogP contribution in [0.4, 0.5) is 5.82 Å². The van der Waals surface area contributed by atoms with Gasteiger partial charge in [-0.1, -0.05) is 6.07 Å². The molecule has 0 aliphatic rings. The highest BCUT2D eigenvalue weighted by Gasteiger charge is 2.12. The molecule has 0 atom stereocenters. The minimum atomic E-state index is 0.738. The second kappa shape index (κ2) is 6.74. The number of hydrogen-bond donors (Lipinski definition) is 0. The van der Waals surface area contributed by atoms with Gasteiger partial charge in [0.25, 0.3) is 0 Å². The highest BCUT2D eigenvalue weighted by Crippen LogP contribution is 2.28.